The van der Waals surface area contributed by atoms with E-state index >= 15 is 0 Å². The van der Waals surface area contributed by atoms with Crippen LogP contribution in [0.25, 0.3) is 84.6 Å². The number of benzene rings is 2. The van der Waals surface area contributed by atoms with Gasteiger partial charge in [0.2, 0.25) is 10.0 Å². The Labute approximate surface area is 656 Å². The standard InChI is InChI=1S/C16H14N6.C14H14BrN5O2S.C10H9BrN6.C10H10N6.2C6H5BrN4.C6H6N4/c1-21-9-12(7-19-21)14-8-18-16-15(17)20-13(10-22(14)16)11-5-3-2-4-6-11;1-19(2)23(21,22)11-5-3-10(4-6-11)18-13-14-17-9-12(15)20(14)8-7-16-13;1-16-5-6(2-15-16)7-3-14-10-9(12)13-4-8(11)17(7)10;1-15-6-7(4-14-15)8-5-13-10-9(11)12-2-3-16(8)10;7-4-3-10-5(8)6-9-1-2-11(4)6;7-4-3-10-6-5(8)9-1-2-11(4)6;7-5-6-9-2-4-10(6)3-1-8-5/h2-10H,1H3,(H2,17,20);3-9H,1-2H3,(H,16,18);2-5H,1H3,(H2,12,13);2-6H,1H3,(H2,11,12);1-3H,(H2,8,10);1-3H,(H2,8,9);1-4H,(H2,7,8). The Kier molecular flexibility index (Phi) is 22.2. The normalized spacial score (nSPS) is 11.1. The van der Waals surface area contributed by atoms with Gasteiger partial charge in [0, 0.05) is 162 Å². The van der Waals surface area contributed by atoms with Gasteiger partial charge in [-0.15, -0.1) is 0 Å². The summed E-state index contributed by atoms with van der Waals surface area (Å²) in [5, 5.41) is 15.6. The van der Waals surface area contributed by atoms with Crippen LogP contribution in [0, 0.1) is 0 Å². The van der Waals surface area contributed by atoms with Crippen LogP contribution in [0.1, 0.15) is 0 Å². The first-order valence-corrected chi connectivity index (χ1v) is 36.9. The number of aryl methyl sites for hydroxylation is 3. The van der Waals surface area contributed by atoms with E-state index in [0.717, 1.165) is 69.1 Å². The maximum Gasteiger partial charge on any atom is 0.242 e. The van der Waals surface area contributed by atoms with Crippen LogP contribution >= 0.6 is 63.7 Å². The number of rotatable bonds is 8. The van der Waals surface area contributed by atoms with Crippen LogP contribution in [0.5, 0.6) is 0 Å². The third kappa shape index (κ3) is 16.2. The van der Waals surface area contributed by atoms with Crippen molar-refractivity contribution >= 4 is 160 Å². The smallest absolute Gasteiger partial charge is 0.242 e. The van der Waals surface area contributed by atoms with Crippen molar-refractivity contribution in [2.45, 2.75) is 4.90 Å². The molecule has 0 spiro atoms. The highest BCUT2D eigenvalue weighted by Gasteiger charge is 2.19. The Bertz CT molecular complexity index is 6510. The molecule has 2 aromatic carbocycles. The van der Waals surface area contributed by atoms with Crippen LogP contribution in [0.4, 0.5) is 46.4 Å². The highest BCUT2D eigenvalue weighted by Crippen LogP contribution is 2.30. The number of nitrogens with zero attached hydrogens (tertiary/aromatic N) is 28. The van der Waals surface area contributed by atoms with E-state index in [1.54, 1.807) is 150 Å². The number of nitrogens with one attached hydrogen (secondary N) is 1. The summed E-state index contributed by atoms with van der Waals surface area (Å²) in [5.74, 6) is 3.18. The Hall–Kier alpha value is -13.2. The lowest BCUT2D eigenvalue weighted by atomic mass is 10.1. The van der Waals surface area contributed by atoms with Crippen LogP contribution in [0.3, 0.4) is 0 Å². The fourth-order valence-corrected chi connectivity index (χ4v) is 13.2. The number of aromatic nitrogens is 27. The van der Waals surface area contributed by atoms with Crippen LogP contribution < -0.4 is 39.7 Å². The molecule has 0 atom stereocenters. The zero-order valence-corrected chi connectivity index (χ0v) is 65.6. The van der Waals surface area contributed by atoms with Gasteiger partial charge in [0.15, 0.2) is 80.3 Å². The molecule has 0 saturated heterocycles. The number of hydrogen-bond acceptors (Lipinski definition) is 26. The molecule has 0 bridgehead atoms. The molecule has 19 rings (SSSR count). The third-order valence-electron chi connectivity index (χ3n) is 16.0. The lowest BCUT2D eigenvalue weighted by Crippen LogP contribution is -2.22. The Morgan fingerprint density at radius 3 is 1.34 bits per heavy atom. The number of anilines is 8. The van der Waals surface area contributed by atoms with Crippen molar-refractivity contribution in [2.24, 2.45) is 21.1 Å². The first-order chi connectivity index (χ1) is 53.0. The van der Waals surface area contributed by atoms with E-state index in [1.807, 2.05) is 132 Å². The summed E-state index contributed by atoms with van der Waals surface area (Å²) in [7, 11) is 5.21. The van der Waals surface area contributed by atoms with Gasteiger partial charge in [-0.1, -0.05) is 30.3 Å². The summed E-state index contributed by atoms with van der Waals surface area (Å²) >= 11 is 13.5. The van der Waals surface area contributed by atoms with Gasteiger partial charge in [-0.05, 0) is 88.0 Å². The van der Waals surface area contributed by atoms with Crippen LogP contribution in [-0.2, 0) is 31.2 Å². The molecule has 0 saturated carbocycles. The Morgan fingerprint density at radius 2 is 0.782 bits per heavy atom. The van der Waals surface area contributed by atoms with Gasteiger partial charge in [0.1, 0.15) is 18.4 Å². The summed E-state index contributed by atoms with van der Waals surface area (Å²) in [6.45, 7) is 0. The second-order valence-electron chi connectivity index (χ2n) is 23.5. The molecule has 0 aliphatic heterocycles. The number of halogens is 4. The zero-order chi connectivity index (χ0) is 77.5. The van der Waals surface area contributed by atoms with Gasteiger partial charge in [0.25, 0.3) is 0 Å². The molecule has 0 amide bonds. The average molecular weight is 1750 g/mol. The SMILES string of the molecule is CN(C)S(=O)(=O)c1ccc(Nc2nccn3c(Br)cnc23)cc1.Cn1cc(-c2cnc3c(N)nc(-c4ccccc4)cn23)cn1.Cn1cc(-c2cnc3c(N)ncc(Br)n23)cn1.Cn1cc(-c2cnc3c(N)nccn23)cn1.Nc1ncc(Br)n2ccnc12.Nc1nccn2c(Br)cnc12.Nc1nccn2ccnc12. The topological polar surface area (TPSA) is 470 Å². The van der Waals surface area contributed by atoms with E-state index < -0.39 is 10.0 Å². The molecule has 13 N–H and O–H groups in total. The fourth-order valence-electron chi connectivity index (χ4n) is 10.7. The minimum Gasteiger partial charge on any atom is -0.381 e. The molecular weight excluding hydrogens is 1690 g/mol. The molecule has 556 valence electrons. The van der Waals surface area contributed by atoms with Crippen molar-refractivity contribution in [1.82, 2.24) is 134 Å². The van der Waals surface area contributed by atoms with E-state index in [4.69, 9.17) is 34.4 Å². The van der Waals surface area contributed by atoms with Gasteiger partial charge in [-0.25, -0.2) is 82.5 Å². The monoisotopic (exact) mass is 1750 g/mol. The van der Waals surface area contributed by atoms with Crippen LogP contribution in [0.2, 0.25) is 0 Å². The first-order valence-electron chi connectivity index (χ1n) is 32.3. The predicted octanol–water partition coefficient (Wildman–Crippen LogP) is 9.51. The molecule has 42 heteroatoms. The number of sulfonamides is 1. The average Bonchev–Trinajstić information content (AvgIpc) is 1.63. The van der Waals surface area contributed by atoms with E-state index in [-0.39, 0.29) is 4.90 Å². The van der Waals surface area contributed by atoms with Crippen molar-refractivity contribution in [2.75, 3.05) is 53.8 Å². The molecule has 0 fully saturated rings. The predicted molar refractivity (Wildman–Crippen MR) is 431 cm³/mol. The van der Waals surface area contributed by atoms with Crippen molar-refractivity contribution < 1.29 is 8.42 Å². The largest absolute Gasteiger partial charge is 0.381 e. The van der Waals surface area contributed by atoms with Crippen molar-refractivity contribution in [3.8, 4) is 45.0 Å². The highest BCUT2D eigenvalue weighted by molar-refractivity contribution is 9.11. The number of hydrogen-bond donors (Lipinski definition) is 7. The van der Waals surface area contributed by atoms with Crippen LogP contribution in [0.15, 0.2) is 239 Å². The minimum absolute atomic E-state index is 0.239. The van der Waals surface area contributed by atoms with E-state index in [0.29, 0.717) is 80.3 Å². The van der Waals surface area contributed by atoms with Crippen molar-refractivity contribution in [3.63, 3.8) is 0 Å². The third-order valence-corrected chi connectivity index (χ3v) is 20.1. The van der Waals surface area contributed by atoms with Gasteiger partial charge in [-0.2, -0.15) is 15.3 Å². The second-order valence-corrected chi connectivity index (χ2v) is 28.9. The second kappa shape index (κ2) is 32.5. The maximum atomic E-state index is 12.1. The summed E-state index contributed by atoms with van der Waals surface area (Å²) in [6.07, 6.45) is 46.0. The zero-order valence-electron chi connectivity index (χ0n) is 58.4. The van der Waals surface area contributed by atoms with E-state index in [9.17, 15) is 8.42 Å². The molecule has 0 unspecified atom stereocenters. The first kappa shape index (κ1) is 75.1. The van der Waals surface area contributed by atoms with E-state index in [1.165, 1.54) is 18.4 Å². The number of nitrogens with two attached hydrogens (primary N) is 6. The lowest BCUT2D eigenvalue weighted by molar-refractivity contribution is 0.521. The number of nitrogen functional groups attached to an aromatic ring is 6. The molecule has 0 aliphatic rings. The molecule has 37 nitrogen and oxygen atoms in total. The highest BCUT2D eigenvalue weighted by atomic mass is 79.9. The van der Waals surface area contributed by atoms with Gasteiger partial charge >= 0.3 is 0 Å². The molecule has 0 aliphatic carbocycles. The fraction of sp³-hybridized carbons (Fsp3) is 0.0735. The molecule has 0 radical (unpaired) electrons. The van der Waals surface area contributed by atoms with Gasteiger partial charge < -0.3 is 44.1 Å². The summed E-state index contributed by atoms with van der Waals surface area (Å²) in [5.41, 5.74) is 47.2. The quantitative estimate of drug-likeness (QED) is 0.0744. The summed E-state index contributed by atoms with van der Waals surface area (Å²) in [6, 6.07) is 16.4. The molecule has 19 aromatic rings. The molecular formula is C68H63Br4N35O2S. The summed E-state index contributed by atoms with van der Waals surface area (Å²) in [4.78, 5) is 57.9. The molecule has 17 heterocycles. The number of imidazole rings is 7. The Balaban J connectivity index is 0.000000115. The van der Waals surface area contributed by atoms with Crippen molar-refractivity contribution in [1.29, 1.82) is 0 Å². The molecule has 17 aromatic heterocycles. The van der Waals surface area contributed by atoms with Crippen molar-refractivity contribution in [3.05, 3.63) is 234 Å². The lowest BCUT2D eigenvalue weighted by Gasteiger charge is -2.12. The number of fused-ring (bicyclic) bond motifs is 7. The van der Waals surface area contributed by atoms with E-state index in [2.05, 4.69) is 154 Å². The molecule has 110 heavy (non-hydrogen) atoms. The van der Waals surface area contributed by atoms with Gasteiger partial charge in [0.05, 0.1) is 89.6 Å². The maximum absolute atomic E-state index is 12.1. The minimum atomic E-state index is -3.43. The van der Waals surface area contributed by atoms with Gasteiger partial charge in [-0.3, -0.25) is 40.4 Å². The van der Waals surface area contributed by atoms with Crippen LogP contribution in [-0.4, -0.2) is 157 Å². The summed E-state index contributed by atoms with van der Waals surface area (Å²) < 4.78 is 47.0. The Morgan fingerprint density at radius 1 is 0.373 bits per heavy atom.